The molecule has 2 aromatic carbocycles. The second-order valence-corrected chi connectivity index (χ2v) is 10.5. The second-order valence-electron chi connectivity index (χ2n) is 7.56. The predicted molar refractivity (Wildman–Crippen MR) is 123 cm³/mol. The van der Waals surface area contributed by atoms with Gasteiger partial charge in [0.15, 0.2) is 10.9 Å². The van der Waals surface area contributed by atoms with E-state index in [9.17, 15) is 27.5 Å². The molecule has 4 rings (SSSR count). The molecule has 1 aromatic heterocycles. The largest absolute Gasteiger partial charge is 0.502 e. The third-order valence-corrected chi connectivity index (χ3v) is 8.36. The van der Waals surface area contributed by atoms with E-state index in [1.54, 1.807) is 19.1 Å². The van der Waals surface area contributed by atoms with Crippen LogP contribution in [0, 0.1) is 19.7 Å². The Morgan fingerprint density at radius 2 is 1.74 bits per heavy atom. The van der Waals surface area contributed by atoms with E-state index in [4.69, 9.17) is 4.74 Å². The summed E-state index contributed by atoms with van der Waals surface area (Å²) in [5.41, 5.74) is 1.33. The molecule has 11 heteroatoms. The number of methoxy groups -OCH3 is 1. The molecule has 0 saturated carbocycles. The van der Waals surface area contributed by atoms with Crippen LogP contribution in [-0.4, -0.2) is 37.5 Å². The normalized spacial score (nSPS) is 16.3. The van der Waals surface area contributed by atoms with Crippen LogP contribution in [0.3, 0.4) is 0 Å². The van der Waals surface area contributed by atoms with Crippen molar-refractivity contribution in [2.75, 3.05) is 12.0 Å². The van der Waals surface area contributed by atoms with Gasteiger partial charge in [-0.2, -0.15) is 0 Å². The molecule has 2 heterocycles. The number of rotatable bonds is 5. The van der Waals surface area contributed by atoms with E-state index in [2.05, 4.69) is 4.98 Å². The summed E-state index contributed by atoms with van der Waals surface area (Å²) >= 11 is 0.820. The van der Waals surface area contributed by atoms with Gasteiger partial charge in [0.2, 0.25) is 9.84 Å². The summed E-state index contributed by atoms with van der Waals surface area (Å²) in [6.45, 7) is 3.33. The average molecular weight is 503 g/mol. The Kier molecular flexibility index (Phi) is 6.00. The molecule has 0 spiro atoms. The van der Waals surface area contributed by atoms with Gasteiger partial charge in [-0.3, -0.25) is 9.69 Å². The third-order valence-electron chi connectivity index (χ3n) is 5.33. The van der Waals surface area contributed by atoms with E-state index < -0.39 is 44.2 Å². The van der Waals surface area contributed by atoms with Gasteiger partial charge in [-0.05, 0) is 43.7 Å². The number of hydrogen-bond donors (Lipinski definition) is 1. The number of anilines is 1. The van der Waals surface area contributed by atoms with Crippen LogP contribution in [0.4, 0.5) is 9.52 Å². The molecule has 0 fully saturated rings. The van der Waals surface area contributed by atoms with Gasteiger partial charge in [0.1, 0.15) is 21.6 Å². The summed E-state index contributed by atoms with van der Waals surface area (Å²) in [5, 5.41) is 10.8. The zero-order valence-electron chi connectivity index (χ0n) is 18.3. The number of benzene rings is 2. The first-order chi connectivity index (χ1) is 16.1. The topological polar surface area (TPSA) is 114 Å². The van der Waals surface area contributed by atoms with Gasteiger partial charge < -0.3 is 9.84 Å². The van der Waals surface area contributed by atoms with Crippen molar-refractivity contribution in [2.45, 2.75) is 24.8 Å². The molecule has 8 nitrogen and oxygen atoms in total. The van der Waals surface area contributed by atoms with Gasteiger partial charge in [0.25, 0.3) is 5.91 Å². The second kappa shape index (κ2) is 8.65. The van der Waals surface area contributed by atoms with Gasteiger partial charge in [0.05, 0.1) is 17.7 Å². The smallest absolute Gasteiger partial charge is 0.350 e. The highest BCUT2D eigenvalue weighted by molar-refractivity contribution is 7.95. The van der Waals surface area contributed by atoms with Crippen molar-refractivity contribution in [2.24, 2.45) is 0 Å². The number of sulfone groups is 1. The van der Waals surface area contributed by atoms with Crippen molar-refractivity contribution in [3.8, 4) is 0 Å². The van der Waals surface area contributed by atoms with E-state index in [-0.39, 0.29) is 26.2 Å². The third kappa shape index (κ3) is 3.86. The van der Waals surface area contributed by atoms with Crippen molar-refractivity contribution in [3.63, 3.8) is 0 Å². The van der Waals surface area contributed by atoms with Crippen LogP contribution in [0.5, 0.6) is 0 Å². The zero-order chi connectivity index (χ0) is 24.8. The maximum atomic E-state index is 13.6. The number of aliphatic hydroxyl groups excluding tert-OH is 1. The van der Waals surface area contributed by atoms with Crippen LogP contribution in [-0.2, 0) is 19.4 Å². The number of aromatic nitrogens is 1. The Morgan fingerprint density at radius 1 is 1.12 bits per heavy atom. The maximum absolute atomic E-state index is 13.6. The minimum absolute atomic E-state index is 0.0159. The van der Waals surface area contributed by atoms with Gasteiger partial charge in [0, 0.05) is 0 Å². The molecule has 1 atom stereocenters. The Labute approximate surface area is 198 Å². The molecule has 0 radical (unpaired) electrons. The molecule has 3 aromatic rings. The molecule has 0 aliphatic carbocycles. The fourth-order valence-electron chi connectivity index (χ4n) is 3.61. The summed E-state index contributed by atoms with van der Waals surface area (Å²) in [6, 6.07) is 9.50. The van der Waals surface area contributed by atoms with E-state index in [1.165, 1.54) is 38.3 Å². The lowest BCUT2D eigenvalue weighted by atomic mass is 10.1. The van der Waals surface area contributed by atoms with Crippen molar-refractivity contribution < 1.29 is 32.2 Å². The van der Waals surface area contributed by atoms with Gasteiger partial charge in [-0.15, -0.1) is 0 Å². The van der Waals surface area contributed by atoms with Crippen molar-refractivity contribution in [3.05, 3.63) is 86.7 Å². The molecule has 1 aliphatic heterocycles. The lowest BCUT2D eigenvalue weighted by molar-refractivity contribution is -0.117. The number of carbonyl (C=O) groups is 2. The summed E-state index contributed by atoms with van der Waals surface area (Å²) in [6.07, 6.45) is 0. The van der Waals surface area contributed by atoms with Crippen LogP contribution < -0.4 is 4.90 Å². The Bertz CT molecular complexity index is 1430. The highest BCUT2D eigenvalue weighted by Gasteiger charge is 2.49. The molecule has 0 saturated heterocycles. The molecule has 0 bridgehead atoms. The summed E-state index contributed by atoms with van der Waals surface area (Å²) in [4.78, 5) is 30.0. The summed E-state index contributed by atoms with van der Waals surface area (Å²) in [5.74, 6) is -3.21. The molecular weight excluding hydrogens is 483 g/mol. The number of thiazole rings is 1. The van der Waals surface area contributed by atoms with Crippen LogP contribution in [0.15, 0.2) is 64.1 Å². The number of ether oxygens (including phenoxy) is 1. The molecule has 1 N–H and O–H groups in total. The number of carbonyl (C=O) groups excluding carboxylic acids is 2. The van der Waals surface area contributed by atoms with Crippen molar-refractivity contribution in [1.82, 2.24) is 4.98 Å². The monoisotopic (exact) mass is 502 g/mol. The highest BCUT2D eigenvalue weighted by Crippen LogP contribution is 2.46. The Morgan fingerprint density at radius 3 is 2.32 bits per heavy atom. The number of aliphatic hydroxyl groups is 1. The van der Waals surface area contributed by atoms with E-state index >= 15 is 0 Å². The van der Waals surface area contributed by atoms with Crippen LogP contribution >= 0.6 is 11.3 Å². The molecular formula is C23H19FN2O6S2. The average Bonchev–Trinajstić information content (AvgIpc) is 3.31. The number of esters is 1. The minimum Gasteiger partial charge on any atom is -0.502 e. The standard InChI is InChI=1S/C23H19FN2O6S2/c1-12-4-10-16(11-5-12)34(30,31)20-17(14-6-8-15(24)9-7-14)26(21(28)18(20)27)23-25-13(2)19(33-23)22(29)32-3/h4-11,17,27H,1-3H3. The number of amides is 1. The molecule has 176 valence electrons. The van der Waals surface area contributed by atoms with E-state index in [0.29, 0.717) is 0 Å². The van der Waals surface area contributed by atoms with Gasteiger partial charge in [-0.1, -0.05) is 41.2 Å². The van der Waals surface area contributed by atoms with Crippen LogP contribution in [0.1, 0.15) is 32.5 Å². The number of nitrogens with zero attached hydrogens (tertiary/aromatic N) is 2. The Balaban J connectivity index is 1.93. The molecule has 1 aliphatic rings. The fourth-order valence-corrected chi connectivity index (χ4v) is 6.25. The molecule has 1 amide bonds. The Hall–Kier alpha value is -3.57. The lowest BCUT2D eigenvalue weighted by Crippen LogP contribution is -2.31. The number of hydrogen-bond acceptors (Lipinski definition) is 8. The number of aryl methyl sites for hydroxylation is 2. The zero-order valence-corrected chi connectivity index (χ0v) is 19.9. The minimum atomic E-state index is -4.35. The first-order valence-corrected chi connectivity index (χ1v) is 12.3. The number of halogens is 1. The SMILES string of the molecule is COC(=O)c1sc(N2C(=O)C(O)=C(S(=O)(=O)c3ccc(C)cc3)C2c2ccc(F)cc2)nc1C. The van der Waals surface area contributed by atoms with Gasteiger partial charge >= 0.3 is 5.97 Å². The summed E-state index contributed by atoms with van der Waals surface area (Å²) < 4.78 is 45.6. The molecule has 1 unspecified atom stereocenters. The van der Waals surface area contributed by atoms with Crippen molar-refractivity contribution >= 4 is 38.2 Å². The lowest BCUT2D eigenvalue weighted by Gasteiger charge is -2.24. The van der Waals surface area contributed by atoms with E-state index in [1.807, 2.05) is 0 Å². The summed E-state index contributed by atoms with van der Waals surface area (Å²) in [7, 11) is -3.15. The fraction of sp³-hybridized carbons (Fsp3) is 0.174. The van der Waals surface area contributed by atoms with E-state index in [0.717, 1.165) is 33.9 Å². The quantitative estimate of drug-likeness (QED) is 0.524. The first-order valence-electron chi connectivity index (χ1n) is 9.96. The first kappa shape index (κ1) is 23.6. The van der Waals surface area contributed by atoms with Crippen molar-refractivity contribution in [1.29, 1.82) is 0 Å². The van der Waals surface area contributed by atoms with Crippen LogP contribution in [0.2, 0.25) is 0 Å². The predicted octanol–water partition coefficient (Wildman–Crippen LogP) is 4.02. The van der Waals surface area contributed by atoms with Gasteiger partial charge in [-0.25, -0.2) is 22.6 Å². The molecule has 34 heavy (non-hydrogen) atoms. The maximum Gasteiger partial charge on any atom is 0.350 e. The van der Waals surface area contributed by atoms with Crippen LogP contribution in [0.25, 0.3) is 0 Å². The highest BCUT2D eigenvalue weighted by atomic mass is 32.2.